The third kappa shape index (κ3) is 2.41. The molecular formula is C13H16O3S. The van der Waals surface area contributed by atoms with Gasteiger partial charge in [0.25, 0.3) is 0 Å². The summed E-state index contributed by atoms with van der Waals surface area (Å²) in [7, 11) is -3.49. The second-order valence-electron chi connectivity index (χ2n) is 4.69. The molecule has 1 saturated carbocycles. The lowest BCUT2D eigenvalue weighted by Crippen LogP contribution is -2.35. The third-order valence-corrected chi connectivity index (χ3v) is 5.44. The van der Waals surface area contributed by atoms with Gasteiger partial charge in [-0.2, -0.15) is 0 Å². The molecule has 1 aromatic rings. The Morgan fingerprint density at radius 1 is 1.18 bits per heavy atom. The first-order valence-electron chi connectivity index (χ1n) is 5.83. The monoisotopic (exact) mass is 252 g/mol. The van der Waals surface area contributed by atoms with Crippen molar-refractivity contribution in [1.82, 2.24) is 0 Å². The van der Waals surface area contributed by atoms with Crippen molar-refractivity contribution in [2.45, 2.75) is 36.3 Å². The first-order valence-corrected chi connectivity index (χ1v) is 7.38. The highest BCUT2D eigenvalue weighted by molar-refractivity contribution is 7.92. The molecule has 0 heterocycles. The van der Waals surface area contributed by atoms with Crippen LogP contribution in [0.15, 0.2) is 35.2 Å². The maximum absolute atomic E-state index is 12.3. The van der Waals surface area contributed by atoms with Gasteiger partial charge in [-0.1, -0.05) is 25.1 Å². The zero-order chi connectivity index (χ0) is 12.5. The van der Waals surface area contributed by atoms with Crippen molar-refractivity contribution in [3.05, 3.63) is 30.3 Å². The zero-order valence-corrected chi connectivity index (χ0v) is 10.6. The molecule has 2 atom stereocenters. The second kappa shape index (κ2) is 4.61. The highest BCUT2D eigenvalue weighted by atomic mass is 32.2. The van der Waals surface area contributed by atoms with E-state index in [2.05, 4.69) is 0 Å². The van der Waals surface area contributed by atoms with Gasteiger partial charge < -0.3 is 0 Å². The number of carbonyl (C=O) groups excluding carboxylic acids is 1. The van der Waals surface area contributed by atoms with Crippen LogP contribution in [0.2, 0.25) is 0 Å². The summed E-state index contributed by atoms with van der Waals surface area (Å²) >= 11 is 0. The fraction of sp³-hybridized carbons (Fsp3) is 0.462. The summed E-state index contributed by atoms with van der Waals surface area (Å²) in [6.45, 7) is 2.00. The van der Waals surface area contributed by atoms with Crippen LogP contribution in [0.25, 0.3) is 0 Å². The number of rotatable bonds is 2. The molecule has 4 heteroatoms. The number of hydrogen-bond donors (Lipinski definition) is 0. The van der Waals surface area contributed by atoms with Crippen LogP contribution in [0.1, 0.15) is 26.2 Å². The van der Waals surface area contributed by atoms with Crippen molar-refractivity contribution in [2.24, 2.45) is 5.92 Å². The molecule has 92 valence electrons. The number of carbonyl (C=O) groups is 1. The summed E-state index contributed by atoms with van der Waals surface area (Å²) < 4.78 is 24.6. The first-order chi connectivity index (χ1) is 8.01. The van der Waals surface area contributed by atoms with Crippen LogP contribution >= 0.6 is 0 Å². The molecule has 3 nitrogen and oxygen atoms in total. The predicted octanol–water partition coefficient (Wildman–Crippen LogP) is 2.22. The van der Waals surface area contributed by atoms with Crippen LogP contribution in [0.4, 0.5) is 0 Å². The number of sulfone groups is 1. The van der Waals surface area contributed by atoms with Crippen molar-refractivity contribution in [3.8, 4) is 0 Å². The van der Waals surface area contributed by atoms with E-state index in [1.165, 1.54) is 0 Å². The Morgan fingerprint density at radius 2 is 1.82 bits per heavy atom. The van der Waals surface area contributed by atoms with E-state index in [-0.39, 0.29) is 10.7 Å². The average Bonchev–Trinajstić information content (AvgIpc) is 2.33. The minimum Gasteiger partial charge on any atom is -0.298 e. The molecule has 0 N–H and O–H groups in total. The topological polar surface area (TPSA) is 51.2 Å². The summed E-state index contributed by atoms with van der Waals surface area (Å²) in [6, 6.07) is 8.25. The molecule has 0 radical (unpaired) electrons. The van der Waals surface area contributed by atoms with Gasteiger partial charge in [0.2, 0.25) is 0 Å². The normalized spacial score (nSPS) is 25.8. The lowest BCUT2D eigenvalue weighted by Gasteiger charge is -2.25. The molecule has 0 aliphatic heterocycles. The standard InChI is InChI=1S/C13H16O3S/c1-10-7-8-12(14)13(9-10)17(15,16)11-5-3-2-4-6-11/h2-6,10,13H,7-9H2,1H3. The highest BCUT2D eigenvalue weighted by Crippen LogP contribution is 2.29. The molecule has 0 aromatic heterocycles. The summed E-state index contributed by atoms with van der Waals surface area (Å²) in [4.78, 5) is 12.0. The van der Waals surface area contributed by atoms with Crippen molar-refractivity contribution < 1.29 is 13.2 Å². The van der Waals surface area contributed by atoms with Gasteiger partial charge in [0.1, 0.15) is 5.25 Å². The van der Waals surface area contributed by atoms with Crippen molar-refractivity contribution in [3.63, 3.8) is 0 Å². The molecule has 17 heavy (non-hydrogen) atoms. The molecule has 1 aromatic carbocycles. The number of benzene rings is 1. The quantitative estimate of drug-likeness (QED) is 0.811. The van der Waals surface area contributed by atoms with Crippen LogP contribution in [-0.2, 0) is 14.6 Å². The summed E-state index contributed by atoms with van der Waals surface area (Å²) in [5, 5.41) is -0.839. The van der Waals surface area contributed by atoms with Gasteiger partial charge >= 0.3 is 0 Å². The smallest absolute Gasteiger partial charge is 0.188 e. The largest absolute Gasteiger partial charge is 0.298 e. The minimum absolute atomic E-state index is 0.132. The Balaban J connectivity index is 2.35. The van der Waals surface area contributed by atoms with Crippen LogP contribution in [0.3, 0.4) is 0 Å². The number of Topliss-reactive ketones (excluding diaryl/α,β-unsaturated/α-hetero) is 1. The average molecular weight is 252 g/mol. The van der Waals surface area contributed by atoms with E-state index in [0.29, 0.717) is 18.8 Å². The lowest BCUT2D eigenvalue weighted by atomic mass is 9.90. The Hall–Kier alpha value is -1.16. The molecule has 1 aliphatic carbocycles. The van der Waals surface area contributed by atoms with E-state index in [1.807, 2.05) is 6.92 Å². The zero-order valence-electron chi connectivity index (χ0n) is 9.80. The Labute approximate surface area is 102 Å². The second-order valence-corrected chi connectivity index (χ2v) is 6.82. The van der Waals surface area contributed by atoms with E-state index < -0.39 is 15.1 Å². The van der Waals surface area contributed by atoms with Gasteiger partial charge in [-0.15, -0.1) is 0 Å². The third-order valence-electron chi connectivity index (χ3n) is 3.31. The van der Waals surface area contributed by atoms with E-state index in [0.717, 1.165) is 6.42 Å². The Morgan fingerprint density at radius 3 is 2.47 bits per heavy atom. The van der Waals surface area contributed by atoms with E-state index in [9.17, 15) is 13.2 Å². The molecule has 2 unspecified atom stereocenters. The van der Waals surface area contributed by atoms with Crippen molar-refractivity contribution >= 4 is 15.6 Å². The van der Waals surface area contributed by atoms with Gasteiger partial charge in [-0.3, -0.25) is 4.79 Å². The van der Waals surface area contributed by atoms with Crippen molar-refractivity contribution in [1.29, 1.82) is 0 Å². The van der Waals surface area contributed by atoms with Crippen molar-refractivity contribution in [2.75, 3.05) is 0 Å². The maximum atomic E-state index is 12.3. The molecule has 1 aliphatic rings. The summed E-state index contributed by atoms with van der Waals surface area (Å²) in [5.74, 6) is 0.170. The van der Waals surface area contributed by atoms with Gasteiger partial charge in [-0.05, 0) is 30.9 Å². The van der Waals surface area contributed by atoms with Crippen LogP contribution in [0.5, 0.6) is 0 Å². The Kier molecular flexibility index (Phi) is 3.33. The fourth-order valence-corrected chi connectivity index (χ4v) is 4.15. The summed E-state index contributed by atoms with van der Waals surface area (Å²) in [5.41, 5.74) is 0. The molecule has 0 bridgehead atoms. The molecule has 0 spiro atoms. The summed E-state index contributed by atoms with van der Waals surface area (Å²) in [6.07, 6.45) is 1.65. The molecular weight excluding hydrogens is 236 g/mol. The Bertz CT molecular complexity index is 505. The fourth-order valence-electron chi connectivity index (χ4n) is 2.24. The number of hydrogen-bond acceptors (Lipinski definition) is 3. The lowest BCUT2D eigenvalue weighted by molar-refractivity contribution is -0.120. The van der Waals surface area contributed by atoms with E-state index in [1.54, 1.807) is 30.3 Å². The van der Waals surface area contributed by atoms with Gasteiger partial charge in [-0.25, -0.2) is 8.42 Å². The van der Waals surface area contributed by atoms with E-state index >= 15 is 0 Å². The van der Waals surface area contributed by atoms with Gasteiger partial charge in [0.15, 0.2) is 15.6 Å². The molecule has 0 amide bonds. The van der Waals surface area contributed by atoms with Gasteiger partial charge in [0, 0.05) is 6.42 Å². The maximum Gasteiger partial charge on any atom is 0.188 e. The van der Waals surface area contributed by atoms with Crippen LogP contribution in [0, 0.1) is 5.92 Å². The number of ketones is 1. The molecule has 1 fully saturated rings. The van der Waals surface area contributed by atoms with Crippen LogP contribution in [-0.4, -0.2) is 19.5 Å². The highest BCUT2D eigenvalue weighted by Gasteiger charge is 2.37. The van der Waals surface area contributed by atoms with Crippen LogP contribution < -0.4 is 0 Å². The molecule has 0 saturated heterocycles. The minimum atomic E-state index is -3.49. The molecule has 2 rings (SSSR count). The SMILES string of the molecule is CC1CCC(=O)C(S(=O)(=O)c2ccccc2)C1. The predicted molar refractivity (Wildman–Crippen MR) is 65.4 cm³/mol. The van der Waals surface area contributed by atoms with Gasteiger partial charge in [0.05, 0.1) is 4.90 Å². The van der Waals surface area contributed by atoms with E-state index in [4.69, 9.17) is 0 Å². The first kappa shape index (κ1) is 12.3.